The number of hydrazine groups is 1. The van der Waals surface area contributed by atoms with Crippen molar-refractivity contribution in [3.63, 3.8) is 0 Å². The lowest BCUT2D eigenvalue weighted by Gasteiger charge is -2.34. The molecule has 2 heterocycles. The van der Waals surface area contributed by atoms with Gasteiger partial charge in [0.05, 0.1) is 22.1 Å². The second-order valence-electron chi connectivity index (χ2n) is 8.24. The van der Waals surface area contributed by atoms with Gasteiger partial charge in [-0.15, -0.1) is 0 Å². The highest BCUT2D eigenvalue weighted by atomic mass is 32.2. The molecule has 1 aromatic heterocycles. The fourth-order valence-electron chi connectivity index (χ4n) is 3.96. The minimum Gasteiger partial charge on any atom is -0.307 e. The molecule has 168 valence electrons. The van der Waals surface area contributed by atoms with E-state index in [-0.39, 0.29) is 4.90 Å². The fourth-order valence-corrected chi connectivity index (χ4v) is 5.64. The minimum atomic E-state index is -3.56. The van der Waals surface area contributed by atoms with E-state index in [4.69, 9.17) is 0 Å². The van der Waals surface area contributed by atoms with Crippen LogP contribution in [0.5, 0.6) is 0 Å². The van der Waals surface area contributed by atoms with Gasteiger partial charge in [-0.25, -0.2) is 23.6 Å². The van der Waals surface area contributed by atoms with Crippen LogP contribution >= 0.6 is 0 Å². The second kappa shape index (κ2) is 9.09. The Labute approximate surface area is 187 Å². The quantitative estimate of drug-likeness (QED) is 0.509. The molecular weight excluding hydrogens is 428 g/mol. The number of rotatable bonds is 5. The fraction of sp³-hybridized carbons (Fsp3) is 0.318. The first-order valence-corrected chi connectivity index (χ1v) is 11.9. The smallest absolute Gasteiger partial charge is 0.307 e. The molecule has 4 rings (SSSR count). The number of nitrogens with one attached hydrogen (secondary N) is 3. The van der Waals surface area contributed by atoms with Crippen LogP contribution in [0.25, 0.3) is 11.0 Å². The highest BCUT2D eigenvalue weighted by molar-refractivity contribution is 7.89. The number of hydrogen-bond acceptors (Lipinski definition) is 6. The third-order valence-electron chi connectivity index (χ3n) is 5.34. The van der Waals surface area contributed by atoms with Crippen molar-refractivity contribution in [3.05, 3.63) is 54.7 Å². The van der Waals surface area contributed by atoms with Crippen LogP contribution in [0.4, 0.5) is 16.3 Å². The summed E-state index contributed by atoms with van der Waals surface area (Å²) >= 11 is 0. The van der Waals surface area contributed by atoms with Gasteiger partial charge in [-0.3, -0.25) is 10.4 Å². The van der Waals surface area contributed by atoms with Gasteiger partial charge in [0.1, 0.15) is 0 Å². The number of carbonyl (C=O) groups is 1. The molecule has 2 amide bonds. The summed E-state index contributed by atoms with van der Waals surface area (Å²) in [4.78, 5) is 21.0. The average Bonchev–Trinajstić information content (AvgIpc) is 2.77. The molecule has 0 aliphatic carbocycles. The number of fused-ring (bicyclic) bond motifs is 1. The van der Waals surface area contributed by atoms with Crippen LogP contribution < -0.4 is 16.2 Å². The molecule has 0 radical (unpaired) electrons. The third-order valence-corrected chi connectivity index (χ3v) is 7.18. The van der Waals surface area contributed by atoms with Gasteiger partial charge in [-0.05, 0) is 54.7 Å². The van der Waals surface area contributed by atoms with Gasteiger partial charge in [0.2, 0.25) is 10.0 Å². The molecule has 1 saturated heterocycles. The summed E-state index contributed by atoms with van der Waals surface area (Å²) < 4.78 is 27.5. The van der Waals surface area contributed by atoms with Gasteiger partial charge >= 0.3 is 6.03 Å². The number of hydrogen-bond donors (Lipinski definition) is 3. The van der Waals surface area contributed by atoms with E-state index in [0.717, 1.165) is 11.9 Å². The van der Waals surface area contributed by atoms with Crippen LogP contribution in [0.15, 0.2) is 59.6 Å². The first kappa shape index (κ1) is 22.0. The summed E-state index contributed by atoms with van der Waals surface area (Å²) in [5.74, 6) is 1.06. The number of anilines is 2. The first-order chi connectivity index (χ1) is 15.3. The Kier molecular flexibility index (Phi) is 6.24. The lowest BCUT2D eigenvalue weighted by molar-refractivity contribution is 0.222. The van der Waals surface area contributed by atoms with Gasteiger partial charge in [-0.2, -0.15) is 4.31 Å². The maximum absolute atomic E-state index is 13.0. The number of amides is 2. The van der Waals surface area contributed by atoms with Crippen molar-refractivity contribution in [3.8, 4) is 0 Å². The SMILES string of the molecule is CC1CC(C)CN(S(=O)(=O)c2ccc(NC(=O)NNc3cnc4ccccc4n3)cc2)C1. The number of nitrogens with zero attached hydrogens (tertiary/aromatic N) is 3. The van der Waals surface area contributed by atoms with Gasteiger partial charge in [0.15, 0.2) is 5.82 Å². The van der Waals surface area contributed by atoms with E-state index in [1.54, 1.807) is 16.4 Å². The Morgan fingerprint density at radius 1 is 1.00 bits per heavy atom. The van der Waals surface area contributed by atoms with Gasteiger partial charge in [0.25, 0.3) is 0 Å². The minimum absolute atomic E-state index is 0.217. The van der Waals surface area contributed by atoms with Gasteiger partial charge < -0.3 is 5.32 Å². The number of urea groups is 1. The van der Waals surface area contributed by atoms with Crippen LogP contribution in [0.1, 0.15) is 20.3 Å². The molecule has 1 aliphatic heterocycles. The first-order valence-electron chi connectivity index (χ1n) is 10.5. The summed E-state index contributed by atoms with van der Waals surface area (Å²) in [6.07, 6.45) is 2.55. The average molecular weight is 455 g/mol. The molecule has 10 heteroatoms. The van der Waals surface area contributed by atoms with Crippen molar-refractivity contribution in [1.29, 1.82) is 0 Å². The monoisotopic (exact) mass is 454 g/mol. The van der Waals surface area contributed by atoms with Crippen molar-refractivity contribution in [2.75, 3.05) is 23.8 Å². The van der Waals surface area contributed by atoms with E-state index >= 15 is 0 Å². The molecule has 2 aromatic carbocycles. The molecule has 3 N–H and O–H groups in total. The summed E-state index contributed by atoms with van der Waals surface area (Å²) in [7, 11) is -3.56. The molecule has 32 heavy (non-hydrogen) atoms. The summed E-state index contributed by atoms with van der Waals surface area (Å²) in [5.41, 5.74) is 7.12. The number of carbonyl (C=O) groups excluding carboxylic acids is 1. The van der Waals surface area contributed by atoms with Crippen LogP contribution in [-0.4, -0.2) is 41.8 Å². The predicted octanol–water partition coefficient (Wildman–Crippen LogP) is 3.45. The standard InChI is InChI=1S/C22H26N6O3S/c1-15-11-16(2)14-28(13-15)32(30,31)18-9-7-17(8-10-18)24-22(29)27-26-21-12-23-19-5-3-4-6-20(19)25-21/h3-10,12,15-16H,11,13-14H2,1-2H3,(H,25,26)(H2,24,27,29). The Bertz CT molecular complexity index is 1210. The van der Waals surface area contributed by atoms with Crippen molar-refractivity contribution in [1.82, 2.24) is 19.7 Å². The van der Waals surface area contributed by atoms with Crippen LogP contribution in [0.3, 0.4) is 0 Å². The summed E-state index contributed by atoms with van der Waals surface area (Å²) in [5, 5.41) is 2.65. The third kappa shape index (κ3) is 4.97. The number of aromatic nitrogens is 2. The van der Waals surface area contributed by atoms with E-state index in [1.807, 2.05) is 24.3 Å². The van der Waals surface area contributed by atoms with Crippen molar-refractivity contribution in [2.24, 2.45) is 11.8 Å². The molecular formula is C22H26N6O3S. The molecule has 1 aliphatic rings. The zero-order valence-electron chi connectivity index (χ0n) is 17.9. The summed E-state index contributed by atoms with van der Waals surface area (Å²) in [6, 6.07) is 13.1. The van der Waals surface area contributed by atoms with Crippen LogP contribution in [-0.2, 0) is 10.0 Å². The Hall–Kier alpha value is -3.24. The second-order valence-corrected chi connectivity index (χ2v) is 10.2. The number of benzene rings is 2. The number of sulfonamides is 1. The largest absolute Gasteiger partial charge is 0.337 e. The molecule has 1 fully saturated rings. The van der Waals surface area contributed by atoms with Crippen LogP contribution in [0.2, 0.25) is 0 Å². The van der Waals surface area contributed by atoms with Gasteiger partial charge in [-0.1, -0.05) is 26.0 Å². The Morgan fingerprint density at radius 2 is 1.66 bits per heavy atom. The lowest BCUT2D eigenvalue weighted by Crippen LogP contribution is -2.42. The molecule has 0 bridgehead atoms. The van der Waals surface area contributed by atoms with E-state index in [2.05, 4.69) is 40.0 Å². The van der Waals surface area contributed by atoms with E-state index in [1.165, 1.54) is 18.3 Å². The number of para-hydroxylation sites is 2. The molecule has 2 atom stereocenters. The maximum atomic E-state index is 13.0. The van der Waals surface area contributed by atoms with Crippen molar-refractivity contribution >= 4 is 38.6 Å². The van der Waals surface area contributed by atoms with Gasteiger partial charge in [0, 0.05) is 18.8 Å². The highest BCUT2D eigenvalue weighted by Gasteiger charge is 2.31. The lowest BCUT2D eigenvalue weighted by atomic mass is 9.94. The highest BCUT2D eigenvalue weighted by Crippen LogP contribution is 2.27. The molecule has 9 nitrogen and oxygen atoms in total. The number of piperidine rings is 1. The predicted molar refractivity (Wildman–Crippen MR) is 123 cm³/mol. The van der Waals surface area contributed by atoms with E-state index in [9.17, 15) is 13.2 Å². The molecule has 0 saturated carbocycles. The van der Waals surface area contributed by atoms with Crippen molar-refractivity contribution < 1.29 is 13.2 Å². The Morgan fingerprint density at radius 3 is 2.34 bits per heavy atom. The molecule has 3 aromatic rings. The maximum Gasteiger partial charge on any atom is 0.337 e. The van der Waals surface area contributed by atoms with E-state index < -0.39 is 16.1 Å². The normalized spacial score (nSPS) is 19.4. The molecule has 0 spiro atoms. The Balaban J connectivity index is 1.36. The van der Waals surface area contributed by atoms with Crippen molar-refractivity contribution in [2.45, 2.75) is 25.2 Å². The zero-order chi connectivity index (χ0) is 22.7. The zero-order valence-corrected chi connectivity index (χ0v) is 18.8. The summed E-state index contributed by atoms with van der Waals surface area (Å²) in [6.45, 7) is 5.19. The van der Waals surface area contributed by atoms with E-state index in [0.29, 0.717) is 41.9 Å². The van der Waals surface area contributed by atoms with Crippen LogP contribution in [0, 0.1) is 11.8 Å². The molecule has 2 unspecified atom stereocenters. The topological polar surface area (TPSA) is 116 Å².